The van der Waals surface area contributed by atoms with Gasteiger partial charge < -0.3 is 88.9 Å². The maximum atomic E-state index is 14.5. The molecular formula is C68H77Na7O36S7. The van der Waals surface area contributed by atoms with Gasteiger partial charge in [-0.15, -0.1) is 0 Å². The van der Waals surface area contributed by atoms with Crippen molar-refractivity contribution in [1.29, 1.82) is 0 Å². The predicted octanol–water partition coefficient (Wildman–Crippen LogP) is -11.9. The molecule has 8 atom stereocenters. The molecule has 3 saturated carbocycles. The van der Waals surface area contributed by atoms with Crippen molar-refractivity contribution in [1.82, 2.24) is 0 Å². The van der Waals surface area contributed by atoms with Crippen LogP contribution in [-0.2, 0) is 77.5 Å². The standard InChI is InChI=1S/C68H84O36S7.7Na/c1-39(2)14-12-15-40(3)48-20-21-49-47-19-18-43-34-44(24-26-67(43,4)50(47)25-27-68(48,49)5)92-28-10-8-6-7-9-11-29-93-53-32-41(16-22-51(53)100-107(77,78)79)63-65(103-110(86,87)88)61(69)59-55(35-45(37-57(59)96-63)98-105(71,72)73)94-30-13-31-95-56-36-46(99-106(74,75)76)38-58-60(56)62(70)66(104-111(89,90)91)64(97-58)42-17-23-52(101-108(80,81)82)54(33-42)102-109(83,84)85;;;;;;;/h16-18,22-23,32-33,35-40,44,47-50H,6-15,19-21,24-31,34H2,1-5H3,(H,71,72,73)(H,74,75,76)(H,77,78,79)(H,80,81,82)(H,83,84,85)(H,86,87,88)(H,89,90,91);;;;;;;/q;7*+1/p-7/t40-,44+,47+,48-,49+,50+,67+,68-;;;;;;;/m1......./s1. The van der Waals surface area contributed by atoms with E-state index in [0.717, 1.165) is 99.2 Å². The normalized spacial score (nSPS) is 20.1. The molecule has 4 aromatic carbocycles. The molecular weight excluding hydrogens is 1780 g/mol. The van der Waals surface area contributed by atoms with E-state index < -0.39 is 205 Å². The first-order valence-corrected chi connectivity index (χ1v) is 44.3. The number of fused-ring (bicyclic) bond motifs is 7. The SMILES string of the molecule is CC(C)CCC[C@@H](C)[C@H]1CC[C@H]2[C@@H]3CC=C4C[C@@H](OCCCCCCCCOc5cc(-c6oc7cc(OS(=O)(=O)[O-])cc(OCCCOc8cc(OS(=O)(=O)[O-])cc9oc(-c%10ccc(OS(=O)(=O)[O-])c(OS(=O)(=O)[O-])c%10)c(OS(=O)(=O)[O-])c(=O)c89)c7c(=O)c6OS(=O)(=O)[O-])ccc5OS(=O)(=O)[O-])CC[C@]4(C)[C@H]3CC[C@]12C.[Na+].[Na+].[Na+].[Na+].[Na+].[Na+].[Na+]. The summed E-state index contributed by atoms with van der Waals surface area (Å²) in [5.74, 6) is -8.62. The molecule has 36 nitrogen and oxygen atoms in total. The van der Waals surface area contributed by atoms with Gasteiger partial charge in [0.15, 0.2) is 34.5 Å². The molecule has 0 radical (unpaired) electrons. The molecule has 3 fully saturated rings. The fourth-order valence-electron chi connectivity index (χ4n) is 16.3. The van der Waals surface area contributed by atoms with Crippen LogP contribution in [0.4, 0.5) is 0 Å². The first-order chi connectivity index (χ1) is 51.6. The van der Waals surface area contributed by atoms with Crippen LogP contribution in [0.2, 0.25) is 0 Å². The molecule has 0 N–H and O–H groups in total. The Morgan fingerprint density at radius 1 is 0.432 bits per heavy atom. The van der Waals surface area contributed by atoms with Gasteiger partial charge in [0.2, 0.25) is 22.4 Å². The van der Waals surface area contributed by atoms with Crippen LogP contribution in [0.5, 0.6) is 57.5 Å². The molecule has 0 spiro atoms. The summed E-state index contributed by atoms with van der Waals surface area (Å²) < 4.78 is 315. The summed E-state index contributed by atoms with van der Waals surface area (Å²) in [5.41, 5.74) is -4.30. The molecule has 2 heterocycles. The van der Waals surface area contributed by atoms with Gasteiger partial charge in [0.1, 0.15) is 44.9 Å². The minimum Gasteiger partial charge on any atom is -0.716 e. The second-order valence-corrected chi connectivity index (χ2v) is 35.5. The zero-order valence-electron chi connectivity index (χ0n) is 67.0. The van der Waals surface area contributed by atoms with Crippen molar-refractivity contribution < 1.29 is 355 Å². The maximum Gasteiger partial charge on any atom is 1.00 e. The number of rotatable bonds is 38. The molecule has 118 heavy (non-hydrogen) atoms. The summed E-state index contributed by atoms with van der Waals surface area (Å²) in [6.45, 7) is 11.1. The molecule has 2 aromatic heterocycles. The molecule has 614 valence electrons. The van der Waals surface area contributed by atoms with Crippen molar-refractivity contribution in [2.75, 3.05) is 26.4 Å². The van der Waals surface area contributed by atoms with Gasteiger partial charge in [-0.1, -0.05) is 91.2 Å². The molecule has 50 heteroatoms. The van der Waals surface area contributed by atoms with Crippen molar-refractivity contribution in [2.45, 2.75) is 156 Å². The monoisotopic (exact) mass is 1850 g/mol. The number of hydrogen-bond donors (Lipinski definition) is 0. The fraction of sp³-hybridized carbons (Fsp3) is 0.529. The molecule has 0 aliphatic heterocycles. The average Bonchev–Trinajstić information content (AvgIpc) is 1.38. The molecule has 4 aliphatic carbocycles. The zero-order valence-corrected chi connectivity index (χ0v) is 86.7. The van der Waals surface area contributed by atoms with Crippen molar-refractivity contribution in [3.8, 4) is 80.1 Å². The predicted molar refractivity (Wildman–Crippen MR) is 380 cm³/mol. The van der Waals surface area contributed by atoms with Crippen LogP contribution in [0.1, 0.15) is 150 Å². The molecule has 10 rings (SSSR count). The Kier molecular flexibility index (Phi) is 43.5. The molecule has 4 aliphatic rings. The van der Waals surface area contributed by atoms with E-state index in [1.807, 2.05) is 0 Å². The smallest absolute Gasteiger partial charge is 0.716 e. The van der Waals surface area contributed by atoms with Gasteiger partial charge in [0.25, 0.3) is 72.8 Å². The van der Waals surface area contributed by atoms with Crippen molar-refractivity contribution >= 4 is 94.7 Å². The molecule has 6 aromatic rings. The van der Waals surface area contributed by atoms with Crippen LogP contribution >= 0.6 is 0 Å². The Morgan fingerprint density at radius 2 is 0.856 bits per heavy atom. The van der Waals surface area contributed by atoms with E-state index in [-0.39, 0.29) is 231 Å². The van der Waals surface area contributed by atoms with E-state index in [1.54, 1.807) is 5.57 Å². The van der Waals surface area contributed by atoms with Crippen molar-refractivity contribution in [2.24, 2.45) is 46.3 Å². The summed E-state index contributed by atoms with van der Waals surface area (Å²) in [5, 5.41) is -1.89. The van der Waals surface area contributed by atoms with Gasteiger partial charge in [0, 0.05) is 48.4 Å². The van der Waals surface area contributed by atoms with E-state index in [4.69, 9.17) is 27.8 Å². The van der Waals surface area contributed by atoms with Gasteiger partial charge in [-0.3, -0.25) is 9.59 Å². The first kappa shape index (κ1) is 112. The van der Waals surface area contributed by atoms with Crippen LogP contribution in [0.25, 0.3) is 44.6 Å². The molecule has 0 amide bonds. The van der Waals surface area contributed by atoms with E-state index in [9.17, 15) is 100 Å². The Labute approximate surface area is 839 Å². The van der Waals surface area contributed by atoms with Crippen LogP contribution < -0.4 is 261 Å². The van der Waals surface area contributed by atoms with E-state index >= 15 is 0 Å². The average molecular weight is 1860 g/mol. The summed E-state index contributed by atoms with van der Waals surface area (Å²) in [6, 6.07) is 6.01. The van der Waals surface area contributed by atoms with Gasteiger partial charge in [-0.2, -0.15) is 0 Å². The van der Waals surface area contributed by atoms with Gasteiger partial charge in [0.05, 0.1) is 25.9 Å². The number of allylic oxidation sites excluding steroid dienone is 1. The zero-order chi connectivity index (χ0) is 81.2. The molecule has 0 bridgehead atoms. The number of hydrogen-bond acceptors (Lipinski definition) is 36. The third kappa shape index (κ3) is 30.8. The van der Waals surface area contributed by atoms with Crippen molar-refractivity contribution in [3.63, 3.8) is 0 Å². The van der Waals surface area contributed by atoms with E-state index in [0.29, 0.717) is 67.2 Å². The third-order valence-corrected chi connectivity index (χ3v) is 23.4. The summed E-state index contributed by atoms with van der Waals surface area (Å²) >= 11 is 0. The topological polar surface area (TPSA) is 562 Å². The summed E-state index contributed by atoms with van der Waals surface area (Å²) in [4.78, 5) is 28.7. The van der Waals surface area contributed by atoms with Crippen molar-refractivity contribution in [3.05, 3.63) is 92.8 Å². The maximum absolute atomic E-state index is 14.5. The molecule has 0 saturated heterocycles. The quantitative estimate of drug-likeness (QED) is 0.0114. The summed E-state index contributed by atoms with van der Waals surface area (Å²) in [7, 11) is -40.7. The van der Waals surface area contributed by atoms with E-state index in [2.05, 4.69) is 70.0 Å². The second-order valence-electron chi connectivity index (χ2n) is 28.6. The Morgan fingerprint density at radius 3 is 1.32 bits per heavy atom. The van der Waals surface area contributed by atoms with Crippen LogP contribution in [-0.4, -0.2) is 123 Å². The van der Waals surface area contributed by atoms with Gasteiger partial charge >= 0.3 is 207 Å². The minimum atomic E-state index is -6.07. The first-order valence-electron chi connectivity index (χ1n) is 35.0. The number of benzene rings is 4. The number of ether oxygens (including phenoxy) is 4. The van der Waals surface area contributed by atoms with Gasteiger partial charge in [-0.25, -0.2) is 58.9 Å². The third-order valence-electron chi connectivity index (χ3n) is 20.8. The second kappa shape index (κ2) is 46.1. The summed E-state index contributed by atoms with van der Waals surface area (Å²) in [6.07, 6.45) is 19.9. The van der Waals surface area contributed by atoms with E-state index in [1.165, 1.54) is 44.9 Å². The number of unbranched alkanes of at least 4 members (excludes halogenated alkanes) is 5. The largest absolute Gasteiger partial charge is 1.00 e. The van der Waals surface area contributed by atoms with Crippen LogP contribution in [0.3, 0.4) is 0 Å². The van der Waals surface area contributed by atoms with Crippen LogP contribution in [0, 0.1) is 46.3 Å². The molecule has 0 unspecified atom stereocenters. The Bertz CT molecular complexity index is 5530. The van der Waals surface area contributed by atoms with Gasteiger partial charge in [-0.05, 0) is 147 Å². The fourth-order valence-corrected chi connectivity index (χ4v) is 18.7. The Hall–Kier alpha value is -0.630. The Balaban J connectivity index is 0.00000514. The minimum absolute atomic E-state index is 0. The van der Waals surface area contributed by atoms with Crippen LogP contribution in [0.15, 0.2) is 90.7 Å².